The van der Waals surface area contributed by atoms with Crippen LogP contribution >= 0.6 is 0 Å². The van der Waals surface area contributed by atoms with Gasteiger partial charge in [0.1, 0.15) is 0 Å². The minimum atomic E-state index is -1.31. The summed E-state index contributed by atoms with van der Waals surface area (Å²) in [6.45, 7) is 30.8. The Hall–Kier alpha value is -1.67. The molecule has 0 aromatic heterocycles. The van der Waals surface area contributed by atoms with Crippen LogP contribution in [0.5, 0.6) is 0 Å². The molecule has 0 unspecified atom stereocenters. The first-order chi connectivity index (χ1) is 22.2. The molecule has 1 saturated heterocycles. The number of benzene rings is 5. The summed E-state index contributed by atoms with van der Waals surface area (Å²) in [6.07, 6.45) is 0. The maximum absolute atomic E-state index is 2.51. The molecule has 0 amide bonds. The molecule has 1 heterocycles. The maximum Gasteiger partial charge on any atom is -0.0398 e. The van der Waals surface area contributed by atoms with Crippen LogP contribution in [-0.4, -0.2) is 42.1 Å². The van der Waals surface area contributed by atoms with Gasteiger partial charge in [-0.3, -0.25) is 0 Å². The fourth-order valence-corrected chi connectivity index (χ4v) is 260. The summed E-state index contributed by atoms with van der Waals surface area (Å²) in [4.78, 5) is 0. The molecular formula is C43H52As4. The van der Waals surface area contributed by atoms with Gasteiger partial charge in [0, 0.05) is 0 Å². The normalized spacial score (nSPS) is 18.7. The van der Waals surface area contributed by atoms with Crippen molar-refractivity contribution in [3.05, 3.63) is 151 Å². The van der Waals surface area contributed by atoms with E-state index in [-0.39, 0.29) is 0 Å². The van der Waals surface area contributed by atoms with Crippen molar-refractivity contribution in [3.63, 3.8) is 0 Å². The van der Waals surface area contributed by atoms with E-state index in [1.165, 1.54) is 27.8 Å². The van der Waals surface area contributed by atoms with Gasteiger partial charge in [0.25, 0.3) is 0 Å². The Labute approximate surface area is 298 Å². The maximum atomic E-state index is 2.51. The standard InChI is InChI=1S/C36H44As4.C7H8/c1-21-13-25(5)33(26(6)14-21)37-38(34-27(7)15-22(2)16-28(34)8)40(36-31(11)19-24(4)20-32(36)12)39(37)35-29(9)17-23(3)18-30(35)10;1-7-5-3-2-4-6-7/h13-20H,1-12H3;2-6H,1H3. The first-order valence-corrected chi connectivity index (χ1v) is 41.3. The number of aryl methyl sites for hydroxylation is 13. The van der Waals surface area contributed by atoms with E-state index in [1.807, 2.05) is 35.6 Å². The van der Waals surface area contributed by atoms with Crippen LogP contribution < -0.4 is 17.4 Å². The van der Waals surface area contributed by atoms with Crippen molar-refractivity contribution in [1.29, 1.82) is 0 Å². The second-order valence-corrected chi connectivity index (χ2v) is 88.2. The van der Waals surface area contributed by atoms with E-state index in [1.54, 1.807) is 44.5 Å². The van der Waals surface area contributed by atoms with Crippen molar-refractivity contribution >= 4 is 59.5 Å². The SMILES string of the molecule is Cc1cc(C)c([As]2[As](c3c(C)cc(C)cc3C)[As](c3c(C)cc(C)cc3C)[As]2c2c(C)cc(C)cc2C)c(C)c1.Cc1ccccc1. The van der Waals surface area contributed by atoms with Crippen LogP contribution in [0.25, 0.3) is 0 Å². The van der Waals surface area contributed by atoms with Gasteiger partial charge in [-0.1, -0.05) is 35.9 Å². The van der Waals surface area contributed by atoms with Gasteiger partial charge in [0.05, 0.1) is 0 Å². The van der Waals surface area contributed by atoms with Crippen LogP contribution in [0, 0.1) is 90.0 Å². The van der Waals surface area contributed by atoms with Crippen molar-refractivity contribution in [2.24, 2.45) is 0 Å². The van der Waals surface area contributed by atoms with Gasteiger partial charge < -0.3 is 0 Å². The smallest absolute Gasteiger partial charge is 0.0398 e. The first-order valence-electron chi connectivity index (χ1n) is 16.7. The Kier molecular flexibility index (Phi) is 11.7. The number of rotatable bonds is 4. The molecule has 0 radical (unpaired) electrons. The van der Waals surface area contributed by atoms with Crippen LogP contribution in [0.4, 0.5) is 0 Å². The number of hydrogen-bond donors (Lipinski definition) is 0. The molecule has 47 heavy (non-hydrogen) atoms. The second kappa shape index (κ2) is 15.1. The van der Waals surface area contributed by atoms with E-state index in [4.69, 9.17) is 0 Å². The molecule has 6 rings (SSSR count). The largest absolute Gasteiger partial charge is 0.0622 e. The van der Waals surface area contributed by atoms with E-state index < -0.39 is 42.1 Å². The molecular weight excluding hydrogens is 816 g/mol. The van der Waals surface area contributed by atoms with E-state index in [0.717, 1.165) is 0 Å². The predicted molar refractivity (Wildman–Crippen MR) is 215 cm³/mol. The zero-order valence-electron chi connectivity index (χ0n) is 30.8. The van der Waals surface area contributed by atoms with E-state index >= 15 is 0 Å². The third-order valence-corrected chi connectivity index (χ3v) is 207. The van der Waals surface area contributed by atoms with Crippen LogP contribution in [0.2, 0.25) is 0 Å². The van der Waals surface area contributed by atoms with Gasteiger partial charge in [0.2, 0.25) is 0 Å². The summed E-state index contributed by atoms with van der Waals surface area (Å²) < 4.78 is 7.52. The second-order valence-electron chi connectivity index (χ2n) is 13.8. The zero-order chi connectivity index (χ0) is 34.3. The first kappa shape index (κ1) is 36.6. The minimum absolute atomic E-state index is 1.31. The third kappa shape index (κ3) is 7.59. The molecule has 1 fully saturated rings. The van der Waals surface area contributed by atoms with Gasteiger partial charge in [-0.2, -0.15) is 0 Å². The van der Waals surface area contributed by atoms with Gasteiger partial charge in [-0.15, -0.1) is 0 Å². The van der Waals surface area contributed by atoms with Crippen molar-refractivity contribution in [3.8, 4) is 0 Å². The van der Waals surface area contributed by atoms with E-state index in [2.05, 4.69) is 151 Å². The molecule has 0 atom stereocenters. The quantitative estimate of drug-likeness (QED) is 0.163. The molecule has 4 heteroatoms. The topological polar surface area (TPSA) is 0 Å². The van der Waals surface area contributed by atoms with Crippen molar-refractivity contribution < 1.29 is 0 Å². The molecule has 0 N–H and O–H groups in total. The van der Waals surface area contributed by atoms with Crippen LogP contribution in [-0.2, 0) is 0 Å². The van der Waals surface area contributed by atoms with Crippen LogP contribution in [0.15, 0.2) is 78.9 Å². The van der Waals surface area contributed by atoms with Gasteiger partial charge in [0.15, 0.2) is 0 Å². The third-order valence-electron chi connectivity index (χ3n) is 9.00. The van der Waals surface area contributed by atoms with Crippen molar-refractivity contribution in [1.82, 2.24) is 0 Å². The van der Waals surface area contributed by atoms with E-state index in [9.17, 15) is 0 Å². The average molecular weight is 869 g/mol. The summed E-state index contributed by atoms with van der Waals surface area (Å²) in [5, 5.41) is 0. The fraction of sp³-hybridized carbons (Fsp3) is 0.302. The Morgan fingerprint density at radius 2 is 0.447 bits per heavy atom. The van der Waals surface area contributed by atoms with Crippen LogP contribution in [0.1, 0.15) is 72.3 Å². The monoisotopic (exact) mass is 868 g/mol. The van der Waals surface area contributed by atoms with E-state index in [0.29, 0.717) is 0 Å². The summed E-state index contributed by atoms with van der Waals surface area (Å²) in [5.41, 5.74) is 19.9. The molecule has 0 spiro atoms. The molecule has 5 aromatic rings. The summed E-state index contributed by atoms with van der Waals surface area (Å²) in [7, 11) is -5.24. The molecule has 0 aliphatic carbocycles. The fourth-order valence-electron chi connectivity index (χ4n) is 7.53. The molecule has 0 nitrogen and oxygen atoms in total. The summed E-state index contributed by atoms with van der Waals surface area (Å²) in [6, 6.07) is 30.4. The summed E-state index contributed by atoms with van der Waals surface area (Å²) in [5.74, 6) is 0. The van der Waals surface area contributed by atoms with Crippen molar-refractivity contribution in [2.75, 3.05) is 0 Å². The Balaban J connectivity index is 0.000000549. The van der Waals surface area contributed by atoms with Crippen LogP contribution in [0.3, 0.4) is 0 Å². The molecule has 0 bridgehead atoms. The number of hydrogen-bond acceptors (Lipinski definition) is 0. The Morgan fingerprint density at radius 3 is 0.596 bits per heavy atom. The molecule has 0 saturated carbocycles. The molecule has 5 aromatic carbocycles. The zero-order valence-corrected chi connectivity index (χ0v) is 38.3. The minimum Gasteiger partial charge on any atom is -0.0622 e. The van der Waals surface area contributed by atoms with Gasteiger partial charge in [-0.05, 0) is 6.92 Å². The predicted octanol–water partition coefficient (Wildman–Crippen LogP) is 7.62. The van der Waals surface area contributed by atoms with Gasteiger partial charge >= 0.3 is 258 Å². The van der Waals surface area contributed by atoms with Crippen molar-refractivity contribution in [2.45, 2.75) is 90.0 Å². The Morgan fingerprint density at radius 1 is 0.255 bits per heavy atom. The summed E-state index contributed by atoms with van der Waals surface area (Å²) >= 11 is 0. The molecule has 244 valence electrons. The Bertz CT molecular complexity index is 1590. The molecule has 1 aliphatic heterocycles. The van der Waals surface area contributed by atoms with Gasteiger partial charge in [-0.25, -0.2) is 0 Å². The molecule has 1 aliphatic rings. The average Bonchev–Trinajstić information content (AvgIpc) is 2.94.